The van der Waals surface area contributed by atoms with Gasteiger partial charge in [-0.2, -0.15) is 0 Å². The number of carbonyl (C=O) groups is 2. The van der Waals surface area contributed by atoms with Gasteiger partial charge in [-0.05, 0) is 13.8 Å². The normalized spacial score (nSPS) is 10.1. The van der Waals surface area contributed by atoms with Crippen LogP contribution in [0.4, 0.5) is 0 Å². The summed E-state index contributed by atoms with van der Waals surface area (Å²) in [6.07, 6.45) is 0.422. The van der Waals surface area contributed by atoms with Gasteiger partial charge in [0, 0.05) is 24.8 Å². The molecule has 0 heterocycles. The average molecular weight is 265 g/mol. The van der Waals surface area contributed by atoms with Gasteiger partial charge in [0.25, 0.3) is 0 Å². The molecule has 82 valence electrons. The van der Waals surface area contributed by atoms with Gasteiger partial charge in [-0.25, -0.2) is 0 Å². The Bertz CT molecular complexity index is 207. The molecule has 0 atom stereocenters. The molecule has 0 saturated heterocycles. The molecule has 0 fully saturated rings. The second kappa shape index (κ2) is 6.81. The van der Waals surface area contributed by atoms with E-state index in [1.165, 1.54) is 4.90 Å². The van der Waals surface area contributed by atoms with E-state index >= 15 is 0 Å². The Labute approximate surface area is 93.2 Å². The topological polar surface area (TPSA) is 49.4 Å². The van der Waals surface area contributed by atoms with Crippen LogP contribution in [-0.2, 0) is 9.59 Å². The van der Waals surface area contributed by atoms with Crippen LogP contribution in [0.3, 0.4) is 0 Å². The Morgan fingerprint density at radius 3 is 2.43 bits per heavy atom. The number of nitrogens with one attached hydrogen (secondary N) is 1. The smallest absolute Gasteiger partial charge is 0.239 e. The Hall–Kier alpha value is -0.580. The molecule has 0 aromatic rings. The molecule has 0 spiro atoms. The zero-order valence-electron chi connectivity index (χ0n) is 8.84. The highest BCUT2D eigenvalue weighted by atomic mass is 79.9. The molecule has 1 N–H and O–H groups in total. The standard InChI is InChI=1S/C9H17BrN2O2/c1-7(2)11-8(13)6-12(3)9(14)4-5-10/h7H,4-6H2,1-3H3,(H,11,13). The van der Waals surface area contributed by atoms with Crippen molar-refractivity contribution >= 4 is 27.7 Å². The molecule has 0 bridgehead atoms. The zero-order valence-corrected chi connectivity index (χ0v) is 10.4. The fourth-order valence-electron chi connectivity index (χ4n) is 0.943. The van der Waals surface area contributed by atoms with Crippen molar-refractivity contribution in [3.8, 4) is 0 Å². The minimum atomic E-state index is -0.120. The number of nitrogens with zero attached hydrogens (tertiary/aromatic N) is 1. The number of hydrogen-bond donors (Lipinski definition) is 1. The van der Waals surface area contributed by atoms with Gasteiger partial charge in [0.1, 0.15) is 0 Å². The first kappa shape index (κ1) is 13.4. The molecule has 0 aliphatic carbocycles. The summed E-state index contributed by atoms with van der Waals surface area (Å²) < 4.78 is 0. The van der Waals surface area contributed by atoms with E-state index in [1.807, 2.05) is 13.8 Å². The number of alkyl halides is 1. The molecular weight excluding hydrogens is 248 g/mol. The van der Waals surface area contributed by atoms with Gasteiger partial charge in [0.05, 0.1) is 6.54 Å². The van der Waals surface area contributed by atoms with E-state index in [9.17, 15) is 9.59 Å². The third-order valence-corrected chi connectivity index (χ3v) is 1.96. The third kappa shape index (κ3) is 5.96. The SMILES string of the molecule is CC(C)NC(=O)CN(C)C(=O)CCBr. The van der Waals surface area contributed by atoms with Gasteiger partial charge in [-0.3, -0.25) is 9.59 Å². The Morgan fingerprint density at radius 1 is 1.43 bits per heavy atom. The van der Waals surface area contributed by atoms with Crippen LogP contribution in [0, 0.1) is 0 Å². The molecule has 0 aromatic heterocycles. The van der Waals surface area contributed by atoms with Crippen molar-refractivity contribution in [2.75, 3.05) is 18.9 Å². The predicted molar refractivity (Wildman–Crippen MR) is 59.3 cm³/mol. The Balaban J connectivity index is 3.87. The van der Waals surface area contributed by atoms with Crippen LogP contribution in [0.1, 0.15) is 20.3 Å². The van der Waals surface area contributed by atoms with Crippen molar-refractivity contribution < 1.29 is 9.59 Å². The quantitative estimate of drug-likeness (QED) is 0.746. The summed E-state index contributed by atoms with van der Waals surface area (Å²) in [6, 6.07) is 0.113. The van der Waals surface area contributed by atoms with Crippen LogP contribution in [0.2, 0.25) is 0 Å². The number of halogens is 1. The van der Waals surface area contributed by atoms with Crippen molar-refractivity contribution in [1.29, 1.82) is 0 Å². The van der Waals surface area contributed by atoms with Crippen molar-refractivity contribution in [3.05, 3.63) is 0 Å². The molecule has 5 heteroatoms. The summed E-state index contributed by atoms with van der Waals surface area (Å²) >= 11 is 3.18. The van der Waals surface area contributed by atoms with Crippen LogP contribution in [0.15, 0.2) is 0 Å². The van der Waals surface area contributed by atoms with Crippen LogP contribution in [-0.4, -0.2) is 41.7 Å². The minimum absolute atomic E-state index is 0.0271. The number of likely N-dealkylation sites (N-methyl/N-ethyl adjacent to an activating group) is 1. The average Bonchev–Trinajstić information content (AvgIpc) is 2.02. The maximum Gasteiger partial charge on any atom is 0.239 e. The molecule has 0 rings (SSSR count). The van der Waals surface area contributed by atoms with E-state index in [2.05, 4.69) is 21.2 Å². The molecule has 0 unspecified atom stereocenters. The van der Waals surface area contributed by atoms with Gasteiger partial charge < -0.3 is 10.2 Å². The minimum Gasteiger partial charge on any atom is -0.352 e. The van der Waals surface area contributed by atoms with Crippen molar-refractivity contribution in [3.63, 3.8) is 0 Å². The van der Waals surface area contributed by atoms with E-state index < -0.39 is 0 Å². The highest BCUT2D eigenvalue weighted by molar-refractivity contribution is 9.09. The first-order valence-corrected chi connectivity index (χ1v) is 5.68. The predicted octanol–water partition coefficient (Wildman–Crippen LogP) is 0.754. The highest BCUT2D eigenvalue weighted by Crippen LogP contribution is 1.94. The van der Waals surface area contributed by atoms with E-state index in [1.54, 1.807) is 7.05 Å². The molecule has 14 heavy (non-hydrogen) atoms. The van der Waals surface area contributed by atoms with Gasteiger partial charge >= 0.3 is 0 Å². The Kier molecular flexibility index (Phi) is 6.53. The van der Waals surface area contributed by atoms with Crippen LogP contribution >= 0.6 is 15.9 Å². The van der Waals surface area contributed by atoms with Crippen LogP contribution < -0.4 is 5.32 Å². The van der Waals surface area contributed by atoms with Gasteiger partial charge in [0.2, 0.25) is 11.8 Å². The lowest BCUT2D eigenvalue weighted by Crippen LogP contribution is -2.40. The van der Waals surface area contributed by atoms with Crippen molar-refractivity contribution in [2.45, 2.75) is 26.3 Å². The molecule has 4 nitrogen and oxygen atoms in total. The van der Waals surface area contributed by atoms with E-state index in [0.717, 1.165) is 0 Å². The summed E-state index contributed by atoms with van der Waals surface area (Å²) in [5.74, 6) is -0.147. The third-order valence-electron chi connectivity index (χ3n) is 1.56. The summed E-state index contributed by atoms with van der Waals surface area (Å²) in [6.45, 7) is 3.90. The molecule has 0 saturated carbocycles. The summed E-state index contributed by atoms with van der Waals surface area (Å²) in [5.41, 5.74) is 0. The molecule has 0 aliphatic rings. The Morgan fingerprint density at radius 2 is 2.00 bits per heavy atom. The van der Waals surface area contributed by atoms with E-state index in [0.29, 0.717) is 11.8 Å². The molecule has 0 aliphatic heterocycles. The van der Waals surface area contributed by atoms with Crippen LogP contribution in [0.25, 0.3) is 0 Å². The fourth-order valence-corrected chi connectivity index (χ4v) is 1.28. The van der Waals surface area contributed by atoms with Gasteiger partial charge in [-0.1, -0.05) is 15.9 Å². The lowest BCUT2D eigenvalue weighted by molar-refractivity contribution is -0.134. The summed E-state index contributed by atoms with van der Waals surface area (Å²) in [4.78, 5) is 24.0. The number of hydrogen-bond acceptors (Lipinski definition) is 2. The summed E-state index contributed by atoms with van der Waals surface area (Å²) in [5, 5.41) is 3.35. The second-order valence-electron chi connectivity index (χ2n) is 3.41. The van der Waals surface area contributed by atoms with Gasteiger partial charge in [0.15, 0.2) is 0 Å². The first-order valence-electron chi connectivity index (χ1n) is 4.56. The monoisotopic (exact) mass is 264 g/mol. The largest absolute Gasteiger partial charge is 0.352 e. The van der Waals surface area contributed by atoms with Crippen molar-refractivity contribution in [2.24, 2.45) is 0 Å². The van der Waals surface area contributed by atoms with Crippen molar-refractivity contribution in [1.82, 2.24) is 10.2 Å². The molecular formula is C9H17BrN2O2. The van der Waals surface area contributed by atoms with E-state index in [-0.39, 0.29) is 24.4 Å². The molecule has 2 amide bonds. The highest BCUT2D eigenvalue weighted by Gasteiger charge is 2.12. The number of rotatable bonds is 5. The van der Waals surface area contributed by atoms with E-state index in [4.69, 9.17) is 0 Å². The summed E-state index contributed by atoms with van der Waals surface area (Å²) in [7, 11) is 1.63. The lowest BCUT2D eigenvalue weighted by atomic mass is 10.3. The molecule has 0 aromatic carbocycles. The lowest BCUT2D eigenvalue weighted by Gasteiger charge is -2.17. The number of carbonyl (C=O) groups excluding carboxylic acids is 2. The maximum absolute atomic E-state index is 11.3. The first-order chi connectivity index (χ1) is 6.47. The van der Waals surface area contributed by atoms with Crippen LogP contribution in [0.5, 0.6) is 0 Å². The second-order valence-corrected chi connectivity index (χ2v) is 4.20. The number of amides is 2. The fraction of sp³-hybridized carbons (Fsp3) is 0.778. The molecule has 0 radical (unpaired) electrons. The maximum atomic E-state index is 11.3. The van der Waals surface area contributed by atoms with Gasteiger partial charge in [-0.15, -0.1) is 0 Å². The zero-order chi connectivity index (χ0) is 11.1.